The molecular formula is C5H13AlO. The van der Waals surface area contributed by atoms with Crippen LogP contribution in [-0.2, 0) is 4.79 Å². The van der Waals surface area contributed by atoms with Crippen molar-refractivity contribution in [3.63, 3.8) is 0 Å². The number of hydrogen-bond acceptors (Lipinski definition) is 1. The zero-order valence-electron chi connectivity index (χ0n) is 4.27. The molecule has 0 saturated carbocycles. The van der Waals surface area contributed by atoms with Gasteiger partial charge in [-0.1, -0.05) is 13.8 Å². The second kappa shape index (κ2) is 6.20. The lowest BCUT2D eigenvalue weighted by atomic mass is 10.2. The maximum Gasteiger partial charge on any atom is 0.187 e. The van der Waals surface area contributed by atoms with Crippen molar-refractivity contribution in [2.45, 2.75) is 20.3 Å². The van der Waals surface area contributed by atoms with Crippen LogP contribution in [0.3, 0.4) is 0 Å². The molecule has 0 bridgehead atoms. The minimum atomic E-state index is 0. The normalized spacial score (nSPS) is 11.7. The Morgan fingerprint density at radius 3 is 2.14 bits per heavy atom. The Hall–Kier alpha value is 0.202. The van der Waals surface area contributed by atoms with Gasteiger partial charge in [0.15, 0.2) is 17.4 Å². The van der Waals surface area contributed by atoms with Gasteiger partial charge >= 0.3 is 0 Å². The minimum Gasteiger partial charge on any atom is -0.303 e. The average Bonchev–Trinajstić information content (AvgIpc) is 1.65. The van der Waals surface area contributed by atoms with Crippen LogP contribution < -0.4 is 0 Å². The van der Waals surface area contributed by atoms with Gasteiger partial charge in [0, 0.05) is 5.92 Å². The number of aldehydes is 1. The Morgan fingerprint density at radius 1 is 1.71 bits per heavy atom. The highest BCUT2D eigenvalue weighted by Crippen LogP contribution is 1.91. The first-order valence-corrected chi connectivity index (χ1v) is 2.26. The maximum absolute atomic E-state index is 9.74. The summed E-state index contributed by atoms with van der Waals surface area (Å²) < 4.78 is 0. The Bertz CT molecular complexity index is 45.3. The standard InChI is InChI=1S/C5H10O.Al.3H/c1-3-5(2)4-6;;;;/h4-5H,3H2,1-2H3;;;;. The summed E-state index contributed by atoms with van der Waals surface area (Å²) in [7, 11) is 0. The van der Waals surface area contributed by atoms with Crippen LogP contribution in [0.25, 0.3) is 0 Å². The van der Waals surface area contributed by atoms with E-state index < -0.39 is 0 Å². The smallest absolute Gasteiger partial charge is 0.187 e. The predicted octanol–water partition coefficient (Wildman–Crippen LogP) is 0.0475. The zero-order valence-corrected chi connectivity index (χ0v) is 4.27. The van der Waals surface area contributed by atoms with Crippen LogP contribution in [0.4, 0.5) is 0 Å². The van der Waals surface area contributed by atoms with Crippen molar-refractivity contribution in [2.75, 3.05) is 0 Å². The van der Waals surface area contributed by atoms with Crippen LogP contribution in [0.2, 0.25) is 0 Å². The molecule has 0 aliphatic carbocycles. The van der Waals surface area contributed by atoms with E-state index in [4.69, 9.17) is 0 Å². The van der Waals surface area contributed by atoms with E-state index in [1.54, 1.807) is 0 Å². The van der Waals surface area contributed by atoms with E-state index >= 15 is 0 Å². The van der Waals surface area contributed by atoms with E-state index in [9.17, 15) is 4.79 Å². The molecule has 0 aromatic rings. The fourth-order valence-corrected chi connectivity index (χ4v) is 0.0962. The molecule has 7 heavy (non-hydrogen) atoms. The maximum atomic E-state index is 9.74. The van der Waals surface area contributed by atoms with Crippen molar-refractivity contribution < 1.29 is 4.79 Å². The quantitative estimate of drug-likeness (QED) is 0.368. The Labute approximate surface area is 55.2 Å². The summed E-state index contributed by atoms with van der Waals surface area (Å²) in [6.45, 7) is 3.91. The van der Waals surface area contributed by atoms with E-state index in [-0.39, 0.29) is 23.3 Å². The highest BCUT2D eigenvalue weighted by atomic mass is 27.0. The molecule has 1 atom stereocenters. The SMILES string of the molecule is CCC(C)C=O.[AlH3]. The molecule has 1 nitrogen and oxygen atoms in total. The summed E-state index contributed by atoms with van der Waals surface area (Å²) in [5, 5.41) is 0. The van der Waals surface area contributed by atoms with Gasteiger partial charge in [0.25, 0.3) is 0 Å². The van der Waals surface area contributed by atoms with E-state index in [0.29, 0.717) is 0 Å². The summed E-state index contributed by atoms with van der Waals surface area (Å²) in [4.78, 5) is 9.74. The molecular weight excluding hydrogens is 103 g/mol. The summed E-state index contributed by atoms with van der Waals surface area (Å²) in [5.41, 5.74) is 0. The summed E-state index contributed by atoms with van der Waals surface area (Å²) in [5.74, 6) is 0.255. The van der Waals surface area contributed by atoms with Crippen LogP contribution in [0.5, 0.6) is 0 Å². The molecule has 0 aromatic carbocycles. The van der Waals surface area contributed by atoms with Gasteiger partial charge in [-0.2, -0.15) is 0 Å². The molecule has 42 valence electrons. The van der Waals surface area contributed by atoms with Gasteiger partial charge in [0.05, 0.1) is 0 Å². The monoisotopic (exact) mass is 116 g/mol. The molecule has 0 radical (unpaired) electrons. The summed E-state index contributed by atoms with van der Waals surface area (Å²) >= 11 is 0. The van der Waals surface area contributed by atoms with Crippen molar-refractivity contribution in [1.82, 2.24) is 0 Å². The first-order valence-electron chi connectivity index (χ1n) is 2.26. The van der Waals surface area contributed by atoms with Gasteiger partial charge in [0.2, 0.25) is 0 Å². The van der Waals surface area contributed by atoms with E-state index in [2.05, 4.69) is 0 Å². The fraction of sp³-hybridized carbons (Fsp3) is 0.800. The molecule has 0 N–H and O–H groups in total. The molecule has 0 heterocycles. The molecule has 0 saturated heterocycles. The lowest BCUT2D eigenvalue weighted by molar-refractivity contribution is -0.110. The summed E-state index contributed by atoms with van der Waals surface area (Å²) in [6.07, 6.45) is 1.93. The Balaban J connectivity index is 0. The highest BCUT2D eigenvalue weighted by molar-refractivity contribution is 5.75. The molecule has 0 aliphatic heterocycles. The third-order valence-electron chi connectivity index (χ3n) is 0.876. The van der Waals surface area contributed by atoms with E-state index in [0.717, 1.165) is 12.7 Å². The predicted molar refractivity (Wildman–Crippen MR) is 35.5 cm³/mol. The molecule has 0 amide bonds. The molecule has 0 aliphatic rings. The fourth-order valence-electron chi connectivity index (χ4n) is 0.0962. The third-order valence-corrected chi connectivity index (χ3v) is 0.876. The minimum absolute atomic E-state index is 0. The Morgan fingerprint density at radius 2 is 2.14 bits per heavy atom. The van der Waals surface area contributed by atoms with Crippen molar-refractivity contribution in [2.24, 2.45) is 5.92 Å². The largest absolute Gasteiger partial charge is 0.303 e. The van der Waals surface area contributed by atoms with Crippen molar-refractivity contribution >= 4 is 23.6 Å². The first-order chi connectivity index (χ1) is 2.81. The third kappa shape index (κ3) is 6.20. The van der Waals surface area contributed by atoms with Crippen molar-refractivity contribution in [1.29, 1.82) is 0 Å². The van der Waals surface area contributed by atoms with Crippen LogP contribution >= 0.6 is 0 Å². The Kier molecular flexibility index (Phi) is 9.07. The van der Waals surface area contributed by atoms with Crippen LogP contribution in [0.15, 0.2) is 0 Å². The molecule has 0 fully saturated rings. The lowest BCUT2D eigenvalue weighted by Crippen LogP contribution is -1.89. The van der Waals surface area contributed by atoms with Gasteiger partial charge in [-0.15, -0.1) is 0 Å². The van der Waals surface area contributed by atoms with Gasteiger partial charge in [-0.05, 0) is 6.42 Å². The molecule has 0 spiro atoms. The number of carbonyl (C=O) groups excluding carboxylic acids is 1. The average molecular weight is 116 g/mol. The number of hydrogen-bond donors (Lipinski definition) is 0. The van der Waals surface area contributed by atoms with E-state index in [1.807, 2.05) is 13.8 Å². The van der Waals surface area contributed by atoms with Gasteiger partial charge in [-0.25, -0.2) is 0 Å². The van der Waals surface area contributed by atoms with Crippen LogP contribution in [0, 0.1) is 5.92 Å². The molecule has 0 rings (SSSR count). The van der Waals surface area contributed by atoms with Gasteiger partial charge in [-0.3, -0.25) is 0 Å². The number of carbonyl (C=O) groups is 1. The summed E-state index contributed by atoms with van der Waals surface area (Å²) in [6, 6.07) is 0. The number of rotatable bonds is 2. The first kappa shape index (κ1) is 10.2. The van der Waals surface area contributed by atoms with Crippen LogP contribution in [0.1, 0.15) is 20.3 Å². The molecule has 1 unspecified atom stereocenters. The van der Waals surface area contributed by atoms with Crippen molar-refractivity contribution in [3.05, 3.63) is 0 Å². The highest BCUT2D eigenvalue weighted by Gasteiger charge is 1.89. The molecule has 0 aromatic heterocycles. The van der Waals surface area contributed by atoms with Crippen LogP contribution in [-0.4, -0.2) is 23.6 Å². The zero-order chi connectivity index (χ0) is 4.99. The lowest BCUT2D eigenvalue weighted by Gasteiger charge is -1.89. The van der Waals surface area contributed by atoms with Gasteiger partial charge in [0.1, 0.15) is 6.29 Å². The van der Waals surface area contributed by atoms with E-state index in [1.165, 1.54) is 0 Å². The topological polar surface area (TPSA) is 17.1 Å². The molecule has 2 heteroatoms. The second-order valence-electron chi connectivity index (χ2n) is 1.52. The van der Waals surface area contributed by atoms with Gasteiger partial charge < -0.3 is 4.79 Å². The van der Waals surface area contributed by atoms with Crippen molar-refractivity contribution in [3.8, 4) is 0 Å². The second-order valence-corrected chi connectivity index (χ2v) is 1.52.